The van der Waals surface area contributed by atoms with Gasteiger partial charge in [-0.1, -0.05) is 0 Å². The van der Waals surface area contributed by atoms with Gasteiger partial charge in [0.05, 0.1) is 0 Å². The van der Waals surface area contributed by atoms with Crippen LogP contribution in [0.1, 0.15) is 12.8 Å². The average molecular weight is 172 g/mol. The van der Waals surface area contributed by atoms with Crippen LogP contribution in [0.2, 0.25) is 0 Å². The number of hydrogen-bond donors (Lipinski definition) is 0. The number of rotatable bonds is 7. The number of carbonyl (C=O) groups excluding carboxylic acids is 1. The van der Waals surface area contributed by atoms with Gasteiger partial charge in [-0.25, -0.2) is 0 Å². The molecule has 0 spiro atoms. The molecule has 0 aromatic carbocycles. The van der Waals surface area contributed by atoms with Gasteiger partial charge in [0, 0.05) is 13.0 Å². The molecule has 0 atom stereocenters. The predicted octanol–water partition coefficient (Wildman–Crippen LogP) is 0.459. The Bertz CT molecular complexity index is 115. The largest absolute Gasteiger partial charge is 0.309 e. The molecule has 12 heavy (non-hydrogen) atoms. The van der Waals surface area contributed by atoms with Gasteiger partial charge in [0.2, 0.25) is 0 Å². The minimum atomic E-state index is 0.651. The lowest BCUT2D eigenvalue weighted by Gasteiger charge is -2.16. The van der Waals surface area contributed by atoms with Crippen molar-refractivity contribution < 1.29 is 4.79 Å². The van der Waals surface area contributed by atoms with E-state index in [9.17, 15) is 4.79 Å². The minimum Gasteiger partial charge on any atom is -0.309 e. The molecule has 0 heterocycles. The van der Waals surface area contributed by atoms with Crippen molar-refractivity contribution >= 4 is 6.29 Å². The van der Waals surface area contributed by atoms with Crippen LogP contribution in [0.25, 0.3) is 0 Å². The van der Waals surface area contributed by atoms with Crippen molar-refractivity contribution in [2.75, 3.05) is 40.8 Å². The second kappa shape index (κ2) is 7.25. The summed E-state index contributed by atoms with van der Waals surface area (Å²) in [6.07, 6.45) is 2.79. The quantitative estimate of drug-likeness (QED) is 0.521. The predicted molar refractivity (Wildman–Crippen MR) is 51.3 cm³/mol. The van der Waals surface area contributed by atoms with Crippen LogP contribution in [0.3, 0.4) is 0 Å². The molecule has 3 nitrogen and oxygen atoms in total. The molecular formula is C9H20N2O. The molecule has 0 saturated heterocycles. The highest BCUT2D eigenvalue weighted by atomic mass is 16.1. The smallest absolute Gasteiger partial charge is 0.121 e. The molecule has 0 aliphatic carbocycles. The fourth-order valence-electron chi connectivity index (χ4n) is 1.04. The molecule has 0 radical (unpaired) electrons. The van der Waals surface area contributed by atoms with Gasteiger partial charge in [0.25, 0.3) is 0 Å². The van der Waals surface area contributed by atoms with Gasteiger partial charge >= 0.3 is 0 Å². The minimum absolute atomic E-state index is 0.651. The van der Waals surface area contributed by atoms with E-state index < -0.39 is 0 Å². The third kappa shape index (κ3) is 7.69. The topological polar surface area (TPSA) is 23.6 Å². The van der Waals surface area contributed by atoms with E-state index in [2.05, 4.69) is 30.9 Å². The van der Waals surface area contributed by atoms with Crippen LogP contribution in [0, 0.1) is 0 Å². The second-order valence-electron chi connectivity index (χ2n) is 3.42. The zero-order chi connectivity index (χ0) is 9.40. The van der Waals surface area contributed by atoms with Gasteiger partial charge in [0.1, 0.15) is 6.29 Å². The first-order valence-corrected chi connectivity index (χ1v) is 4.43. The molecule has 0 unspecified atom stereocenters. The van der Waals surface area contributed by atoms with Gasteiger partial charge < -0.3 is 14.6 Å². The third-order valence-electron chi connectivity index (χ3n) is 1.77. The van der Waals surface area contributed by atoms with Gasteiger partial charge in [-0.3, -0.25) is 0 Å². The van der Waals surface area contributed by atoms with Crippen LogP contribution in [-0.4, -0.2) is 56.9 Å². The summed E-state index contributed by atoms with van der Waals surface area (Å²) in [5.74, 6) is 0. The van der Waals surface area contributed by atoms with E-state index in [4.69, 9.17) is 0 Å². The maximum Gasteiger partial charge on any atom is 0.121 e. The molecule has 0 aromatic rings. The number of aldehydes is 1. The highest BCUT2D eigenvalue weighted by Crippen LogP contribution is 1.89. The van der Waals surface area contributed by atoms with Crippen LogP contribution >= 0.6 is 0 Å². The second-order valence-corrected chi connectivity index (χ2v) is 3.42. The van der Waals surface area contributed by atoms with Crippen molar-refractivity contribution in [1.82, 2.24) is 9.80 Å². The Morgan fingerprint density at radius 1 is 1.08 bits per heavy atom. The van der Waals surface area contributed by atoms with Crippen molar-refractivity contribution in [2.24, 2.45) is 0 Å². The molecule has 72 valence electrons. The van der Waals surface area contributed by atoms with E-state index in [1.165, 1.54) is 6.42 Å². The molecule has 0 saturated carbocycles. The summed E-state index contributed by atoms with van der Waals surface area (Å²) in [5.41, 5.74) is 0. The number of nitrogens with zero attached hydrogens (tertiary/aromatic N) is 2. The van der Waals surface area contributed by atoms with E-state index in [-0.39, 0.29) is 0 Å². The maximum absolute atomic E-state index is 10.1. The lowest BCUT2D eigenvalue weighted by atomic mass is 10.3. The Balaban J connectivity index is 3.18. The molecule has 0 rings (SSSR count). The first-order chi connectivity index (χ1) is 5.66. The van der Waals surface area contributed by atoms with Crippen LogP contribution in [-0.2, 0) is 4.79 Å². The average Bonchev–Trinajstić information content (AvgIpc) is 2.00. The van der Waals surface area contributed by atoms with E-state index in [0.717, 1.165) is 25.9 Å². The molecule has 0 bridgehead atoms. The van der Waals surface area contributed by atoms with E-state index in [0.29, 0.717) is 6.42 Å². The van der Waals surface area contributed by atoms with Crippen molar-refractivity contribution in [2.45, 2.75) is 12.8 Å². The van der Waals surface area contributed by atoms with Gasteiger partial charge in [0.15, 0.2) is 0 Å². The van der Waals surface area contributed by atoms with Crippen molar-refractivity contribution in [3.8, 4) is 0 Å². The number of hydrogen-bond acceptors (Lipinski definition) is 3. The molecule has 0 aliphatic heterocycles. The van der Waals surface area contributed by atoms with Crippen LogP contribution in [0.5, 0.6) is 0 Å². The van der Waals surface area contributed by atoms with Crippen molar-refractivity contribution in [1.29, 1.82) is 0 Å². The van der Waals surface area contributed by atoms with Crippen LogP contribution in [0.15, 0.2) is 0 Å². The van der Waals surface area contributed by atoms with Gasteiger partial charge in [-0.05, 0) is 40.7 Å². The summed E-state index contributed by atoms with van der Waals surface area (Å²) < 4.78 is 0. The zero-order valence-corrected chi connectivity index (χ0v) is 8.42. The van der Waals surface area contributed by atoms with E-state index in [1.807, 2.05) is 0 Å². The summed E-state index contributed by atoms with van der Waals surface area (Å²) in [5, 5.41) is 0. The molecule has 0 aliphatic rings. The van der Waals surface area contributed by atoms with Crippen molar-refractivity contribution in [3.05, 3.63) is 0 Å². The summed E-state index contributed by atoms with van der Waals surface area (Å²) in [7, 11) is 6.20. The highest BCUT2D eigenvalue weighted by molar-refractivity contribution is 5.49. The first kappa shape index (κ1) is 11.6. The molecular weight excluding hydrogens is 152 g/mol. The number of carbonyl (C=O) groups is 1. The Kier molecular flexibility index (Phi) is 7.00. The molecule has 0 fully saturated rings. The summed E-state index contributed by atoms with van der Waals surface area (Å²) >= 11 is 0. The summed E-state index contributed by atoms with van der Waals surface area (Å²) in [6, 6.07) is 0. The Morgan fingerprint density at radius 3 is 2.25 bits per heavy atom. The SMILES string of the molecule is CN(C)CCCN(C)CCC=O. The summed E-state index contributed by atoms with van der Waals surface area (Å²) in [4.78, 5) is 14.4. The maximum atomic E-state index is 10.1. The van der Waals surface area contributed by atoms with E-state index in [1.54, 1.807) is 0 Å². The van der Waals surface area contributed by atoms with Gasteiger partial charge in [-0.2, -0.15) is 0 Å². The summed E-state index contributed by atoms with van der Waals surface area (Å²) in [6.45, 7) is 3.08. The Morgan fingerprint density at radius 2 is 1.75 bits per heavy atom. The fourth-order valence-corrected chi connectivity index (χ4v) is 1.04. The molecule has 0 aromatic heterocycles. The van der Waals surface area contributed by atoms with Crippen LogP contribution in [0.4, 0.5) is 0 Å². The lowest BCUT2D eigenvalue weighted by molar-refractivity contribution is -0.108. The molecule has 0 N–H and O–H groups in total. The standard InChI is InChI=1S/C9H20N2O/c1-10(2)6-4-7-11(3)8-5-9-12/h9H,4-8H2,1-3H3. The molecule has 0 amide bonds. The lowest BCUT2D eigenvalue weighted by Crippen LogP contribution is -2.24. The Labute approximate surface area is 75.3 Å². The Hall–Kier alpha value is -0.410. The van der Waals surface area contributed by atoms with Crippen molar-refractivity contribution in [3.63, 3.8) is 0 Å². The third-order valence-corrected chi connectivity index (χ3v) is 1.77. The molecule has 3 heteroatoms. The zero-order valence-electron chi connectivity index (χ0n) is 8.42. The first-order valence-electron chi connectivity index (χ1n) is 4.43. The van der Waals surface area contributed by atoms with Crippen LogP contribution < -0.4 is 0 Å². The van der Waals surface area contributed by atoms with E-state index >= 15 is 0 Å². The van der Waals surface area contributed by atoms with Gasteiger partial charge in [-0.15, -0.1) is 0 Å². The monoisotopic (exact) mass is 172 g/mol. The highest BCUT2D eigenvalue weighted by Gasteiger charge is 1.97. The fraction of sp³-hybridized carbons (Fsp3) is 0.889. The normalized spacial score (nSPS) is 11.1.